The Balaban J connectivity index is 4.65. The number of carbonyl (C=O) groups is 2. The summed E-state index contributed by atoms with van der Waals surface area (Å²) in [4.78, 5) is 20.9. The van der Waals surface area contributed by atoms with Crippen LogP contribution in [0.25, 0.3) is 0 Å². The molecule has 0 saturated carbocycles. The summed E-state index contributed by atoms with van der Waals surface area (Å²) < 4.78 is 0. The molecule has 0 heterocycles. The molecule has 0 radical (unpaired) electrons. The van der Waals surface area contributed by atoms with Gasteiger partial charge in [0.15, 0.2) is 0 Å². The van der Waals surface area contributed by atoms with Crippen molar-refractivity contribution in [3.63, 3.8) is 0 Å². The van der Waals surface area contributed by atoms with Crippen LogP contribution in [0, 0.1) is 0 Å². The SMILES string of the molecule is CCCC(CC(=O)O)=C(C)C(=O)O. The Bertz CT molecular complexity index is 240. The van der Waals surface area contributed by atoms with Crippen molar-refractivity contribution in [2.75, 3.05) is 0 Å². The van der Waals surface area contributed by atoms with E-state index in [4.69, 9.17) is 10.2 Å². The summed E-state index contributed by atoms with van der Waals surface area (Å²) in [6.07, 6.45) is 1.11. The van der Waals surface area contributed by atoms with Crippen LogP contribution in [0.15, 0.2) is 11.1 Å². The van der Waals surface area contributed by atoms with Gasteiger partial charge in [-0.25, -0.2) is 4.79 Å². The zero-order chi connectivity index (χ0) is 10.4. The first-order valence-electron chi connectivity index (χ1n) is 4.12. The summed E-state index contributed by atoms with van der Waals surface area (Å²) >= 11 is 0. The molecule has 2 N–H and O–H groups in total. The van der Waals surface area contributed by atoms with E-state index in [1.54, 1.807) is 0 Å². The van der Waals surface area contributed by atoms with Crippen LogP contribution in [0.1, 0.15) is 33.1 Å². The van der Waals surface area contributed by atoms with Crippen molar-refractivity contribution < 1.29 is 19.8 Å². The fraction of sp³-hybridized carbons (Fsp3) is 0.556. The number of carboxylic acid groups (broad SMARTS) is 2. The first-order valence-corrected chi connectivity index (χ1v) is 4.12. The molecule has 0 saturated heterocycles. The number of hydrogen-bond acceptors (Lipinski definition) is 2. The predicted octanol–water partition coefficient (Wildman–Crippen LogP) is 1.66. The summed E-state index contributed by atoms with van der Waals surface area (Å²) in [5, 5.41) is 17.2. The molecule has 0 aromatic heterocycles. The summed E-state index contributed by atoms with van der Waals surface area (Å²) in [5.41, 5.74) is 0.659. The van der Waals surface area contributed by atoms with Gasteiger partial charge in [0.25, 0.3) is 0 Å². The molecule has 0 spiro atoms. The minimum atomic E-state index is -1.04. The first-order chi connectivity index (χ1) is 5.99. The molecule has 0 bridgehead atoms. The monoisotopic (exact) mass is 186 g/mol. The molecule has 13 heavy (non-hydrogen) atoms. The van der Waals surface area contributed by atoms with Gasteiger partial charge >= 0.3 is 11.9 Å². The maximum absolute atomic E-state index is 10.5. The van der Waals surface area contributed by atoms with E-state index in [9.17, 15) is 9.59 Å². The second-order valence-electron chi connectivity index (χ2n) is 2.85. The lowest BCUT2D eigenvalue weighted by molar-refractivity contribution is -0.136. The Hall–Kier alpha value is -1.32. The maximum Gasteiger partial charge on any atom is 0.331 e. The normalized spacial score (nSPS) is 12.2. The van der Waals surface area contributed by atoms with E-state index < -0.39 is 11.9 Å². The highest BCUT2D eigenvalue weighted by Gasteiger charge is 2.11. The molecule has 0 aliphatic heterocycles. The van der Waals surface area contributed by atoms with Gasteiger partial charge in [-0.15, -0.1) is 0 Å². The van der Waals surface area contributed by atoms with Gasteiger partial charge in [0.2, 0.25) is 0 Å². The topological polar surface area (TPSA) is 74.6 Å². The van der Waals surface area contributed by atoms with Gasteiger partial charge in [0, 0.05) is 5.57 Å². The van der Waals surface area contributed by atoms with E-state index in [2.05, 4.69) is 0 Å². The number of carboxylic acids is 2. The average molecular weight is 186 g/mol. The van der Waals surface area contributed by atoms with Crippen molar-refractivity contribution in [2.45, 2.75) is 33.1 Å². The van der Waals surface area contributed by atoms with Crippen molar-refractivity contribution in [1.29, 1.82) is 0 Å². The third-order valence-corrected chi connectivity index (χ3v) is 1.77. The lowest BCUT2D eigenvalue weighted by Crippen LogP contribution is -2.05. The summed E-state index contributed by atoms with van der Waals surface area (Å²) in [6, 6.07) is 0. The van der Waals surface area contributed by atoms with E-state index in [0.29, 0.717) is 12.0 Å². The van der Waals surface area contributed by atoms with E-state index >= 15 is 0 Å². The van der Waals surface area contributed by atoms with Gasteiger partial charge in [-0.3, -0.25) is 4.79 Å². The fourth-order valence-corrected chi connectivity index (χ4v) is 1.04. The zero-order valence-corrected chi connectivity index (χ0v) is 7.83. The van der Waals surface area contributed by atoms with Gasteiger partial charge < -0.3 is 10.2 Å². The second kappa shape index (κ2) is 5.35. The van der Waals surface area contributed by atoms with Crippen LogP contribution in [0.5, 0.6) is 0 Å². The molecular formula is C9H14O4. The number of aliphatic carboxylic acids is 2. The number of hydrogen-bond donors (Lipinski definition) is 2. The zero-order valence-electron chi connectivity index (χ0n) is 7.83. The van der Waals surface area contributed by atoms with Gasteiger partial charge in [-0.2, -0.15) is 0 Å². The van der Waals surface area contributed by atoms with Gasteiger partial charge in [0.05, 0.1) is 6.42 Å². The average Bonchev–Trinajstić information content (AvgIpc) is 2.01. The molecule has 0 rings (SSSR count). The molecule has 0 aliphatic rings. The molecule has 0 fully saturated rings. The van der Waals surface area contributed by atoms with E-state index in [1.807, 2.05) is 6.92 Å². The molecule has 0 aromatic rings. The lowest BCUT2D eigenvalue weighted by Gasteiger charge is -2.05. The Kier molecular flexibility index (Phi) is 4.80. The first kappa shape index (κ1) is 11.7. The van der Waals surface area contributed by atoms with Crippen LogP contribution in [0.4, 0.5) is 0 Å². The van der Waals surface area contributed by atoms with Gasteiger partial charge in [-0.1, -0.05) is 13.3 Å². The van der Waals surface area contributed by atoms with Crippen molar-refractivity contribution in [3.05, 3.63) is 11.1 Å². The summed E-state index contributed by atoms with van der Waals surface area (Å²) in [7, 11) is 0. The Labute approximate surface area is 76.9 Å². The van der Waals surface area contributed by atoms with Crippen LogP contribution in [0.3, 0.4) is 0 Å². The highest BCUT2D eigenvalue weighted by atomic mass is 16.4. The minimum Gasteiger partial charge on any atom is -0.481 e. The third-order valence-electron chi connectivity index (χ3n) is 1.77. The molecule has 74 valence electrons. The molecule has 0 atom stereocenters. The maximum atomic E-state index is 10.5. The smallest absolute Gasteiger partial charge is 0.331 e. The largest absolute Gasteiger partial charge is 0.481 e. The Morgan fingerprint density at radius 2 is 1.77 bits per heavy atom. The molecule has 0 aliphatic carbocycles. The van der Waals surface area contributed by atoms with Crippen molar-refractivity contribution in [2.24, 2.45) is 0 Å². The van der Waals surface area contributed by atoms with Gasteiger partial charge in [0.1, 0.15) is 0 Å². The second-order valence-corrected chi connectivity index (χ2v) is 2.85. The van der Waals surface area contributed by atoms with Crippen LogP contribution in [-0.4, -0.2) is 22.2 Å². The molecular weight excluding hydrogens is 172 g/mol. The molecule has 4 nitrogen and oxygen atoms in total. The van der Waals surface area contributed by atoms with Crippen LogP contribution in [-0.2, 0) is 9.59 Å². The Morgan fingerprint density at radius 3 is 2.08 bits per heavy atom. The van der Waals surface area contributed by atoms with E-state index in [0.717, 1.165) is 6.42 Å². The summed E-state index contributed by atoms with van der Waals surface area (Å²) in [6.45, 7) is 3.33. The highest BCUT2D eigenvalue weighted by Crippen LogP contribution is 2.15. The van der Waals surface area contributed by atoms with E-state index in [-0.39, 0.29) is 12.0 Å². The van der Waals surface area contributed by atoms with Crippen molar-refractivity contribution >= 4 is 11.9 Å². The standard InChI is InChI=1S/C9H14O4/c1-3-4-7(5-8(10)11)6(2)9(12)13/h3-5H2,1-2H3,(H,10,11)(H,12,13). The Morgan fingerprint density at radius 1 is 1.23 bits per heavy atom. The van der Waals surface area contributed by atoms with Crippen LogP contribution >= 0.6 is 0 Å². The number of rotatable bonds is 5. The fourth-order valence-electron chi connectivity index (χ4n) is 1.04. The summed E-state index contributed by atoms with van der Waals surface area (Å²) in [5.74, 6) is -2.02. The van der Waals surface area contributed by atoms with E-state index in [1.165, 1.54) is 6.92 Å². The lowest BCUT2D eigenvalue weighted by atomic mass is 10.0. The van der Waals surface area contributed by atoms with Crippen molar-refractivity contribution in [1.82, 2.24) is 0 Å². The van der Waals surface area contributed by atoms with Crippen LogP contribution < -0.4 is 0 Å². The molecule has 4 heteroatoms. The van der Waals surface area contributed by atoms with Crippen LogP contribution in [0.2, 0.25) is 0 Å². The molecule has 0 aromatic carbocycles. The van der Waals surface area contributed by atoms with Gasteiger partial charge in [-0.05, 0) is 18.9 Å². The van der Waals surface area contributed by atoms with Crippen molar-refractivity contribution in [3.8, 4) is 0 Å². The third kappa shape index (κ3) is 4.30. The predicted molar refractivity (Wildman–Crippen MR) is 47.5 cm³/mol. The quantitative estimate of drug-likeness (QED) is 0.640. The molecule has 0 amide bonds. The minimum absolute atomic E-state index is 0.157. The highest BCUT2D eigenvalue weighted by molar-refractivity contribution is 5.88. The molecule has 0 unspecified atom stereocenters.